The van der Waals surface area contributed by atoms with E-state index in [1.54, 1.807) is 0 Å². The van der Waals surface area contributed by atoms with E-state index in [9.17, 15) is 13.2 Å². The average molecular weight is 359 g/mol. The Hall–Kier alpha value is -1.96. The minimum atomic E-state index is -4.70. The van der Waals surface area contributed by atoms with Gasteiger partial charge in [-0.2, -0.15) is 0 Å². The summed E-state index contributed by atoms with van der Waals surface area (Å²) in [7, 11) is 0. The van der Waals surface area contributed by atoms with Gasteiger partial charge in [-0.05, 0) is 43.5 Å². The van der Waals surface area contributed by atoms with Gasteiger partial charge in [-0.25, -0.2) is 0 Å². The molecule has 0 aromatic heterocycles. The van der Waals surface area contributed by atoms with Gasteiger partial charge in [0.25, 0.3) is 0 Å². The maximum atomic E-state index is 12.1. The predicted octanol–water partition coefficient (Wildman–Crippen LogP) is 4.05. The summed E-state index contributed by atoms with van der Waals surface area (Å²) in [6, 6.07) is 5.30. The minimum Gasteiger partial charge on any atom is -0.406 e. The molecule has 0 aliphatic heterocycles. The second kappa shape index (κ2) is 9.50. The van der Waals surface area contributed by atoms with Gasteiger partial charge in [-0.15, -0.1) is 13.2 Å². The molecule has 0 bridgehead atoms. The number of ether oxygens (including phenoxy) is 2. The number of aliphatic imine (C=N–C) groups is 1. The molecule has 0 unspecified atom stereocenters. The molecule has 0 spiro atoms. The molecular formula is C17H24F3N3O2. The van der Waals surface area contributed by atoms with Crippen LogP contribution >= 0.6 is 0 Å². The molecule has 1 aliphatic carbocycles. The number of hydrogen-bond donors (Lipinski definition) is 2. The molecule has 0 heterocycles. The van der Waals surface area contributed by atoms with Crippen LogP contribution in [0.5, 0.6) is 5.75 Å². The molecule has 1 aromatic rings. The van der Waals surface area contributed by atoms with Gasteiger partial charge in [0.05, 0.1) is 6.10 Å². The van der Waals surface area contributed by atoms with Crippen LogP contribution in [0, 0.1) is 0 Å². The Balaban J connectivity index is 1.66. The van der Waals surface area contributed by atoms with E-state index in [0.29, 0.717) is 24.9 Å². The van der Waals surface area contributed by atoms with Crippen molar-refractivity contribution in [1.29, 1.82) is 0 Å². The first kappa shape index (κ1) is 19.4. The Morgan fingerprint density at radius 2 is 1.84 bits per heavy atom. The number of anilines is 1. The summed E-state index contributed by atoms with van der Waals surface area (Å²) in [5, 5.41) is 2.82. The Morgan fingerprint density at radius 3 is 2.48 bits per heavy atom. The van der Waals surface area contributed by atoms with Crippen molar-refractivity contribution in [1.82, 2.24) is 0 Å². The third-order valence-electron chi connectivity index (χ3n) is 3.85. The maximum absolute atomic E-state index is 12.1. The van der Waals surface area contributed by atoms with Crippen molar-refractivity contribution in [2.24, 2.45) is 10.7 Å². The number of alkyl halides is 3. The highest BCUT2D eigenvalue weighted by molar-refractivity contribution is 5.92. The number of nitrogens with zero attached hydrogens (tertiary/aromatic N) is 1. The number of halogens is 3. The molecule has 140 valence electrons. The summed E-state index contributed by atoms with van der Waals surface area (Å²) in [4.78, 5) is 4.18. The standard InChI is InChI=1S/C17H24F3N3O2/c18-17(19,20)25-15-9-7-13(8-10-15)23-16(21)22-11-4-12-24-14-5-2-1-3-6-14/h7-10,14H,1-6,11-12H2,(H3,21,22,23). The van der Waals surface area contributed by atoms with Gasteiger partial charge in [-0.1, -0.05) is 19.3 Å². The quantitative estimate of drug-likeness (QED) is 0.438. The van der Waals surface area contributed by atoms with Gasteiger partial charge in [0.2, 0.25) is 0 Å². The molecule has 1 aliphatic rings. The van der Waals surface area contributed by atoms with Crippen LogP contribution in [-0.4, -0.2) is 31.6 Å². The Labute approximate surface area is 145 Å². The summed E-state index contributed by atoms with van der Waals surface area (Å²) in [5.41, 5.74) is 6.29. The van der Waals surface area contributed by atoms with E-state index in [0.717, 1.165) is 19.3 Å². The fourth-order valence-corrected chi connectivity index (χ4v) is 2.67. The second-order valence-electron chi connectivity index (χ2n) is 5.95. The zero-order chi connectivity index (χ0) is 18.1. The first-order chi connectivity index (χ1) is 11.9. The molecule has 2 rings (SSSR count). The van der Waals surface area contributed by atoms with Gasteiger partial charge in [0, 0.05) is 18.8 Å². The SMILES string of the molecule is NC(=NCCCOC1CCCCC1)Nc1ccc(OC(F)(F)F)cc1. The van der Waals surface area contributed by atoms with E-state index >= 15 is 0 Å². The number of nitrogens with two attached hydrogens (primary N) is 1. The molecule has 0 atom stereocenters. The lowest BCUT2D eigenvalue weighted by molar-refractivity contribution is -0.274. The number of rotatable bonds is 7. The topological polar surface area (TPSA) is 68.9 Å². The van der Waals surface area contributed by atoms with Crippen molar-refractivity contribution in [2.75, 3.05) is 18.5 Å². The lowest BCUT2D eigenvalue weighted by atomic mass is 9.98. The molecular weight excluding hydrogens is 335 g/mol. The molecule has 1 aromatic carbocycles. The van der Waals surface area contributed by atoms with Crippen LogP contribution in [0.1, 0.15) is 38.5 Å². The number of hydrogen-bond acceptors (Lipinski definition) is 3. The van der Waals surface area contributed by atoms with Crippen LogP contribution in [0.3, 0.4) is 0 Å². The molecule has 1 fully saturated rings. The van der Waals surface area contributed by atoms with E-state index in [4.69, 9.17) is 10.5 Å². The first-order valence-electron chi connectivity index (χ1n) is 8.47. The first-order valence-corrected chi connectivity index (χ1v) is 8.47. The summed E-state index contributed by atoms with van der Waals surface area (Å²) in [6.45, 7) is 1.19. The summed E-state index contributed by atoms with van der Waals surface area (Å²) < 4.78 is 45.9. The highest BCUT2D eigenvalue weighted by Crippen LogP contribution is 2.24. The van der Waals surface area contributed by atoms with Gasteiger partial charge in [0.15, 0.2) is 5.96 Å². The summed E-state index contributed by atoms with van der Waals surface area (Å²) >= 11 is 0. The molecule has 8 heteroatoms. The number of benzene rings is 1. The smallest absolute Gasteiger partial charge is 0.406 e. The van der Waals surface area contributed by atoms with Gasteiger partial charge in [-0.3, -0.25) is 4.99 Å². The zero-order valence-corrected chi connectivity index (χ0v) is 14.0. The van der Waals surface area contributed by atoms with E-state index < -0.39 is 6.36 Å². The predicted molar refractivity (Wildman–Crippen MR) is 90.7 cm³/mol. The zero-order valence-electron chi connectivity index (χ0n) is 14.0. The Bertz CT molecular complexity index is 541. The van der Waals surface area contributed by atoms with Gasteiger partial charge < -0.3 is 20.5 Å². The van der Waals surface area contributed by atoms with Crippen LogP contribution in [0.2, 0.25) is 0 Å². The number of nitrogens with one attached hydrogen (secondary N) is 1. The van der Waals surface area contributed by atoms with E-state index in [-0.39, 0.29) is 11.7 Å². The van der Waals surface area contributed by atoms with Crippen molar-refractivity contribution in [3.8, 4) is 5.75 Å². The highest BCUT2D eigenvalue weighted by atomic mass is 19.4. The van der Waals surface area contributed by atoms with Gasteiger partial charge in [0.1, 0.15) is 5.75 Å². The highest BCUT2D eigenvalue weighted by Gasteiger charge is 2.30. The molecule has 0 amide bonds. The van der Waals surface area contributed by atoms with Crippen molar-refractivity contribution < 1.29 is 22.6 Å². The maximum Gasteiger partial charge on any atom is 0.573 e. The molecule has 25 heavy (non-hydrogen) atoms. The summed E-state index contributed by atoms with van der Waals surface area (Å²) in [5.74, 6) is -0.0735. The van der Waals surface area contributed by atoms with Crippen molar-refractivity contribution in [3.63, 3.8) is 0 Å². The van der Waals surface area contributed by atoms with Crippen molar-refractivity contribution in [2.45, 2.75) is 51.0 Å². The van der Waals surface area contributed by atoms with Crippen molar-refractivity contribution >= 4 is 11.6 Å². The van der Waals surface area contributed by atoms with Crippen LogP contribution in [0.25, 0.3) is 0 Å². The van der Waals surface area contributed by atoms with Crippen LogP contribution < -0.4 is 15.8 Å². The summed E-state index contributed by atoms with van der Waals surface area (Å²) in [6.07, 6.45) is 2.52. The monoisotopic (exact) mass is 359 g/mol. The number of guanidine groups is 1. The molecule has 3 N–H and O–H groups in total. The van der Waals surface area contributed by atoms with E-state index in [2.05, 4.69) is 15.0 Å². The Kier molecular flexibility index (Phi) is 7.36. The van der Waals surface area contributed by atoms with Crippen LogP contribution in [0.15, 0.2) is 29.3 Å². The van der Waals surface area contributed by atoms with Crippen LogP contribution in [-0.2, 0) is 4.74 Å². The molecule has 5 nitrogen and oxygen atoms in total. The minimum absolute atomic E-state index is 0.210. The largest absolute Gasteiger partial charge is 0.573 e. The molecule has 0 saturated heterocycles. The third-order valence-corrected chi connectivity index (χ3v) is 3.85. The molecule has 0 radical (unpaired) electrons. The fraction of sp³-hybridized carbons (Fsp3) is 0.588. The lowest BCUT2D eigenvalue weighted by Crippen LogP contribution is -2.23. The normalized spacial score (nSPS) is 16.7. The average Bonchev–Trinajstić information content (AvgIpc) is 2.56. The van der Waals surface area contributed by atoms with Crippen molar-refractivity contribution in [3.05, 3.63) is 24.3 Å². The van der Waals surface area contributed by atoms with Gasteiger partial charge >= 0.3 is 6.36 Å². The van der Waals surface area contributed by atoms with E-state index in [1.807, 2.05) is 0 Å². The Morgan fingerprint density at radius 1 is 1.16 bits per heavy atom. The third kappa shape index (κ3) is 8.11. The fourth-order valence-electron chi connectivity index (χ4n) is 2.67. The van der Waals surface area contributed by atoms with Crippen LogP contribution in [0.4, 0.5) is 18.9 Å². The molecule has 1 saturated carbocycles. The van der Waals surface area contributed by atoms with E-state index in [1.165, 1.54) is 43.5 Å². The second-order valence-corrected chi connectivity index (χ2v) is 5.95. The lowest BCUT2D eigenvalue weighted by Gasteiger charge is -2.21.